The minimum atomic E-state index is -1.86. The Bertz CT molecular complexity index is 695. The number of nitrogens with zero attached hydrogens (tertiary/aromatic N) is 1. The summed E-state index contributed by atoms with van der Waals surface area (Å²) in [7, 11) is 0. The van der Waals surface area contributed by atoms with Gasteiger partial charge in [0.1, 0.15) is 9.75 Å². The molecule has 0 spiro atoms. The summed E-state index contributed by atoms with van der Waals surface area (Å²) >= 11 is 38.9. The lowest BCUT2D eigenvalue weighted by atomic mass is 9.84. The Labute approximate surface area is 208 Å². The number of hydrogen-bond donors (Lipinski definition) is 0. The van der Waals surface area contributed by atoms with Gasteiger partial charge in [0.15, 0.2) is 4.33 Å². The van der Waals surface area contributed by atoms with Crippen LogP contribution in [0.1, 0.15) is 71.1 Å². The third-order valence-electron chi connectivity index (χ3n) is 6.74. The molecule has 0 aromatic heterocycles. The van der Waals surface area contributed by atoms with Crippen LogP contribution in [0, 0.1) is 11.8 Å². The van der Waals surface area contributed by atoms with Gasteiger partial charge in [-0.1, -0.05) is 111 Å². The van der Waals surface area contributed by atoms with Crippen LogP contribution in [-0.4, -0.2) is 37.3 Å². The van der Waals surface area contributed by atoms with Gasteiger partial charge in [-0.05, 0) is 6.42 Å². The fourth-order valence-electron chi connectivity index (χ4n) is 5.03. The van der Waals surface area contributed by atoms with Gasteiger partial charge in [0.2, 0.25) is 11.8 Å². The molecule has 0 radical (unpaired) electrons. The summed E-state index contributed by atoms with van der Waals surface area (Å²) in [5.41, 5.74) is 0. The molecular weight excluding hydrogens is 511 g/mol. The van der Waals surface area contributed by atoms with Gasteiger partial charge in [-0.3, -0.25) is 14.5 Å². The Morgan fingerprint density at radius 2 is 1.07 bits per heavy atom. The largest absolute Gasteiger partial charge is 0.282 e. The zero-order valence-electron chi connectivity index (χ0n) is 17.0. The van der Waals surface area contributed by atoms with E-state index in [2.05, 4.69) is 6.92 Å². The molecule has 1 aliphatic heterocycles. The smallest absolute Gasteiger partial charge is 0.235 e. The minimum absolute atomic E-state index is 0.0472. The first kappa shape index (κ1) is 25.2. The highest BCUT2D eigenvalue weighted by Gasteiger charge is 2.87. The van der Waals surface area contributed by atoms with E-state index >= 15 is 0 Å². The van der Waals surface area contributed by atoms with Crippen LogP contribution >= 0.6 is 69.6 Å². The van der Waals surface area contributed by atoms with Crippen molar-refractivity contribution in [2.24, 2.45) is 11.8 Å². The van der Waals surface area contributed by atoms with Crippen LogP contribution in [0.3, 0.4) is 0 Å². The van der Waals surface area contributed by atoms with Gasteiger partial charge in [-0.25, -0.2) is 0 Å². The molecule has 0 N–H and O–H groups in total. The highest BCUT2D eigenvalue weighted by molar-refractivity contribution is 6.66. The van der Waals surface area contributed by atoms with Crippen LogP contribution < -0.4 is 0 Å². The summed E-state index contributed by atoms with van der Waals surface area (Å²) < 4.78 is -1.86. The Morgan fingerprint density at radius 3 is 1.47 bits per heavy atom. The molecule has 0 aromatic carbocycles. The highest BCUT2D eigenvalue weighted by atomic mass is 35.5. The number of halogens is 6. The Balaban J connectivity index is 1.53. The number of fused-ring (bicyclic) bond motifs is 5. The molecule has 170 valence electrons. The molecule has 30 heavy (non-hydrogen) atoms. The van der Waals surface area contributed by atoms with Crippen LogP contribution in [0.25, 0.3) is 0 Å². The van der Waals surface area contributed by atoms with Crippen molar-refractivity contribution in [2.45, 2.75) is 85.2 Å². The number of likely N-dealkylation sites (tertiary alicyclic amines) is 1. The molecule has 2 aliphatic carbocycles. The number of imide groups is 1. The number of carbonyl (C=O) groups is 2. The molecule has 4 unspecified atom stereocenters. The molecule has 1 saturated carbocycles. The maximum absolute atomic E-state index is 13.1. The van der Waals surface area contributed by atoms with E-state index in [-0.39, 0.29) is 10.1 Å². The molecule has 9 heteroatoms. The first-order valence-electron chi connectivity index (χ1n) is 10.8. The van der Waals surface area contributed by atoms with Crippen LogP contribution in [-0.2, 0) is 9.59 Å². The average Bonchev–Trinajstić information content (AvgIpc) is 3.08. The molecule has 2 bridgehead atoms. The third kappa shape index (κ3) is 3.53. The number of allylic oxidation sites excluding steroid dienone is 2. The standard InChI is InChI=1S/C21H27Cl6NO2/c1-2-3-4-5-6-7-8-9-10-11-12-28-17(29)13-14(18(28)30)20(25)16(23)15(22)19(13,24)21(20,26)27/h13-14H,2-12H2,1H3. The van der Waals surface area contributed by atoms with E-state index in [0.29, 0.717) is 6.54 Å². The van der Waals surface area contributed by atoms with Crippen molar-refractivity contribution in [1.82, 2.24) is 4.90 Å². The molecule has 3 nitrogen and oxygen atoms in total. The van der Waals surface area contributed by atoms with E-state index in [1.165, 1.54) is 49.8 Å². The fraction of sp³-hybridized carbons (Fsp3) is 0.810. The normalized spacial score (nSPS) is 34.4. The second kappa shape index (κ2) is 9.47. The van der Waals surface area contributed by atoms with Crippen molar-refractivity contribution < 1.29 is 9.59 Å². The molecule has 0 aromatic rings. The quantitative estimate of drug-likeness (QED) is 0.157. The molecular formula is C21H27Cl6NO2. The molecule has 3 rings (SSSR count). The number of rotatable bonds is 11. The lowest BCUT2D eigenvalue weighted by Gasteiger charge is -2.34. The third-order valence-corrected chi connectivity index (χ3v) is 11.0. The van der Waals surface area contributed by atoms with Gasteiger partial charge in [0.25, 0.3) is 0 Å². The lowest BCUT2D eigenvalue weighted by Crippen LogP contribution is -2.50. The van der Waals surface area contributed by atoms with Crippen molar-refractivity contribution in [3.63, 3.8) is 0 Å². The Morgan fingerprint density at radius 1 is 0.700 bits per heavy atom. The Hall–Kier alpha value is 0.620. The first-order chi connectivity index (χ1) is 14.1. The first-order valence-corrected chi connectivity index (χ1v) is 13.0. The second-order valence-corrected chi connectivity index (χ2v) is 11.9. The lowest BCUT2D eigenvalue weighted by molar-refractivity contribution is -0.140. The topological polar surface area (TPSA) is 37.4 Å². The second-order valence-electron chi connectivity index (χ2n) is 8.59. The maximum Gasteiger partial charge on any atom is 0.235 e. The molecule has 2 amide bonds. The molecule has 3 aliphatic rings. The van der Waals surface area contributed by atoms with Crippen molar-refractivity contribution in [3.05, 3.63) is 10.1 Å². The average molecular weight is 538 g/mol. The number of hydrogen-bond acceptors (Lipinski definition) is 2. The molecule has 1 heterocycles. The summed E-state index contributed by atoms with van der Waals surface area (Å²) in [6, 6.07) is 0. The highest BCUT2D eigenvalue weighted by Crippen LogP contribution is 2.77. The summed E-state index contributed by atoms with van der Waals surface area (Å²) in [6.45, 7) is 2.54. The van der Waals surface area contributed by atoms with Gasteiger partial charge in [-0.15, -0.1) is 23.2 Å². The summed E-state index contributed by atoms with van der Waals surface area (Å²) in [6.07, 6.45) is 11.6. The minimum Gasteiger partial charge on any atom is -0.282 e. The summed E-state index contributed by atoms with van der Waals surface area (Å²) in [4.78, 5) is 24.0. The fourth-order valence-corrected chi connectivity index (χ4v) is 7.96. The molecule has 1 saturated heterocycles. The van der Waals surface area contributed by atoms with Crippen LogP contribution in [0.2, 0.25) is 0 Å². The molecule has 4 atom stereocenters. The van der Waals surface area contributed by atoms with Crippen LogP contribution in [0.15, 0.2) is 10.1 Å². The predicted molar refractivity (Wildman–Crippen MR) is 126 cm³/mol. The van der Waals surface area contributed by atoms with Crippen molar-refractivity contribution in [2.75, 3.05) is 6.54 Å². The van der Waals surface area contributed by atoms with E-state index in [1.54, 1.807) is 0 Å². The summed E-state index contributed by atoms with van der Waals surface area (Å²) in [5, 5.41) is -0.0944. The van der Waals surface area contributed by atoms with Gasteiger partial charge in [0, 0.05) is 6.54 Å². The van der Waals surface area contributed by atoms with E-state index in [1.807, 2.05) is 0 Å². The zero-order chi connectivity index (χ0) is 22.3. The van der Waals surface area contributed by atoms with E-state index in [4.69, 9.17) is 69.6 Å². The maximum atomic E-state index is 13.1. The Kier molecular flexibility index (Phi) is 7.97. The number of alkyl halides is 4. The monoisotopic (exact) mass is 535 g/mol. The molecule has 2 fully saturated rings. The zero-order valence-corrected chi connectivity index (χ0v) is 21.5. The van der Waals surface area contributed by atoms with Crippen molar-refractivity contribution in [1.29, 1.82) is 0 Å². The predicted octanol–water partition coefficient (Wildman–Crippen LogP) is 7.35. The van der Waals surface area contributed by atoms with Gasteiger partial charge in [-0.2, -0.15) is 0 Å². The van der Waals surface area contributed by atoms with Gasteiger partial charge in [0.05, 0.1) is 21.9 Å². The van der Waals surface area contributed by atoms with Gasteiger partial charge >= 0.3 is 0 Å². The van der Waals surface area contributed by atoms with E-state index in [0.717, 1.165) is 19.3 Å². The number of carbonyl (C=O) groups excluding carboxylic acids is 2. The van der Waals surface area contributed by atoms with Gasteiger partial charge < -0.3 is 0 Å². The number of unbranched alkanes of at least 4 members (excludes halogenated alkanes) is 9. The summed E-state index contributed by atoms with van der Waals surface area (Å²) in [5.74, 6) is -2.88. The SMILES string of the molecule is CCCCCCCCCCCCN1C(=O)C2C(C1=O)C1(Cl)C(Cl)=C(Cl)C2(Cl)C1(Cl)Cl. The van der Waals surface area contributed by atoms with Crippen LogP contribution in [0.5, 0.6) is 0 Å². The van der Waals surface area contributed by atoms with Crippen molar-refractivity contribution in [3.8, 4) is 0 Å². The van der Waals surface area contributed by atoms with E-state index in [9.17, 15) is 9.59 Å². The van der Waals surface area contributed by atoms with Crippen LogP contribution in [0.4, 0.5) is 0 Å². The van der Waals surface area contributed by atoms with E-state index < -0.39 is 37.7 Å². The van der Waals surface area contributed by atoms with Crippen molar-refractivity contribution >= 4 is 81.4 Å². The number of amides is 2.